The Bertz CT molecular complexity index is 517. The maximum atomic E-state index is 12.6. The molecule has 1 aromatic carbocycles. The Morgan fingerprint density at radius 3 is 2.33 bits per heavy atom. The maximum Gasteiger partial charge on any atom is 0.244 e. The largest absolute Gasteiger partial charge is 0.244 e. The Balaban J connectivity index is 3.27. The molecule has 1 aromatic rings. The van der Waals surface area contributed by atoms with Crippen molar-refractivity contribution in [1.82, 2.24) is 4.31 Å². The third-order valence-electron chi connectivity index (χ3n) is 2.87. The van der Waals surface area contributed by atoms with Crippen LogP contribution in [0.3, 0.4) is 0 Å². The van der Waals surface area contributed by atoms with Crippen LogP contribution >= 0.6 is 31.9 Å². The molecular weight excluding hydrogens is 382 g/mol. The second-order valence-corrected chi connectivity index (χ2v) is 7.67. The molecule has 0 aromatic heterocycles. The van der Waals surface area contributed by atoms with Crippen molar-refractivity contribution in [2.45, 2.75) is 38.1 Å². The van der Waals surface area contributed by atoms with E-state index in [9.17, 15) is 8.42 Å². The van der Waals surface area contributed by atoms with Crippen LogP contribution in [-0.2, 0) is 10.0 Å². The summed E-state index contributed by atoms with van der Waals surface area (Å²) in [4.78, 5) is 0.313. The van der Waals surface area contributed by atoms with Gasteiger partial charge >= 0.3 is 0 Å². The van der Waals surface area contributed by atoms with Gasteiger partial charge in [-0.25, -0.2) is 8.42 Å². The van der Waals surface area contributed by atoms with Crippen LogP contribution < -0.4 is 0 Å². The van der Waals surface area contributed by atoms with Gasteiger partial charge in [-0.1, -0.05) is 29.8 Å². The van der Waals surface area contributed by atoms with Crippen LogP contribution in [0, 0.1) is 0 Å². The highest BCUT2D eigenvalue weighted by molar-refractivity contribution is 9.11. The lowest BCUT2D eigenvalue weighted by Gasteiger charge is -2.26. The van der Waals surface area contributed by atoms with Crippen LogP contribution in [0.5, 0.6) is 0 Å². The van der Waals surface area contributed by atoms with Gasteiger partial charge in [-0.3, -0.25) is 0 Å². The Morgan fingerprint density at radius 1 is 1.28 bits per heavy atom. The molecule has 1 atom stereocenters. The fraction of sp³-hybridized carbons (Fsp3) is 0.500. The lowest BCUT2D eigenvalue weighted by Crippen LogP contribution is -2.38. The summed E-state index contributed by atoms with van der Waals surface area (Å²) in [6.45, 7) is 6.24. The van der Waals surface area contributed by atoms with Crippen molar-refractivity contribution in [1.29, 1.82) is 0 Å². The van der Waals surface area contributed by atoms with Gasteiger partial charge in [-0.15, -0.1) is 0 Å². The lowest BCUT2D eigenvalue weighted by molar-refractivity contribution is 0.342. The van der Waals surface area contributed by atoms with E-state index in [0.29, 0.717) is 15.9 Å². The smallest absolute Gasteiger partial charge is 0.207 e. The van der Waals surface area contributed by atoms with Crippen LogP contribution in [0.4, 0.5) is 0 Å². The van der Waals surface area contributed by atoms with E-state index in [4.69, 9.17) is 0 Å². The minimum absolute atomic E-state index is 0.00412. The van der Waals surface area contributed by atoms with E-state index >= 15 is 0 Å². The zero-order chi connectivity index (χ0) is 13.9. The van der Waals surface area contributed by atoms with Crippen molar-refractivity contribution in [2.75, 3.05) is 6.54 Å². The van der Waals surface area contributed by atoms with Crippen molar-refractivity contribution in [3.63, 3.8) is 0 Å². The van der Waals surface area contributed by atoms with Gasteiger partial charge in [0.25, 0.3) is 0 Å². The summed E-state index contributed by atoms with van der Waals surface area (Å²) < 4.78 is 28.1. The lowest BCUT2D eigenvalue weighted by atomic mass is 10.3. The normalized spacial score (nSPS) is 13.9. The summed E-state index contributed by atoms with van der Waals surface area (Å²) in [6.07, 6.45) is 0.793. The average Bonchev–Trinajstić information content (AvgIpc) is 2.28. The molecule has 3 nitrogen and oxygen atoms in total. The topological polar surface area (TPSA) is 37.4 Å². The van der Waals surface area contributed by atoms with Crippen LogP contribution in [0.2, 0.25) is 0 Å². The monoisotopic (exact) mass is 397 g/mol. The highest BCUT2D eigenvalue weighted by atomic mass is 79.9. The molecular formula is C12H17Br2NO2S. The number of halogens is 2. The number of rotatable bonds is 5. The van der Waals surface area contributed by atoms with E-state index < -0.39 is 10.0 Å². The Morgan fingerprint density at radius 2 is 1.89 bits per heavy atom. The summed E-state index contributed by atoms with van der Waals surface area (Å²) in [5.74, 6) is 0. The van der Waals surface area contributed by atoms with Crippen molar-refractivity contribution >= 4 is 41.9 Å². The van der Waals surface area contributed by atoms with Gasteiger partial charge in [0, 0.05) is 21.5 Å². The summed E-state index contributed by atoms with van der Waals surface area (Å²) in [5.41, 5.74) is 0. The average molecular weight is 399 g/mol. The first kappa shape index (κ1) is 16.1. The molecule has 0 aliphatic rings. The van der Waals surface area contributed by atoms with Crippen molar-refractivity contribution < 1.29 is 8.42 Å². The molecule has 0 bridgehead atoms. The molecule has 0 spiro atoms. The number of sulfonamides is 1. The molecule has 0 fully saturated rings. The minimum Gasteiger partial charge on any atom is -0.207 e. The van der Waals surface area contributed by atoms with Gasteiger partial charge in [-0.2, -0.15) is 4.31 Å². The second kappa shape index (κ2) is 6.50. The molecule has 102 valence electrons. The molecule has 1 unspecified atom stereocenters. The molecule has 1 rings (SSSR count). The number of hydrogen-bond acceptors (Lipinski definition) is 2. The summed E-state index contributed by atoms with van der Waals surface area (Å²) in [6, 6.07) is 5.10. The van der Waals surface area contributed by atoms with Gasteiger partial charge in [0.05, 0.1) is 4.90 Å². The molecule has 0 N–H and O–H groups in total. The van der Waals surface area contributed by atoms with Gasteiger partial charge in [-0.05, 0) is 47.5 Å². The first-order chi connectivity index (χ1) is 8.34. The summed E-state index contributed by atoms with van der Waals surface area (Å²) in [5, 5.41) is 0. The van der Waals surface area contributed by atoms with Crippen molar-refractivity contribution in [3.05, 3.63) is 27.1 Å². The number of benzene rings is 1. The van der Waals surface area contributed by atoms with Crippen LogP contribution in [0.15, 0.2) is 32.0 Å². The van der Waals surface area contributed by atoms with Gasteiger partial charge in [0.15, 0.2) is 0 Å². The summed E-state index contributed by atoms with van der Waals surface area (Å²) >= 11 is 6.64. The minimum atomic E-state index is -3.44. The molecule has 0 radical (unpaired) electrons. The van der Waals surface area contributed by atoms with E-state index in [-0.39, 0.29) is 6.04 Å². The Kier molecular flexibility index (Phi) is 5.83. The highest BCUT2D eigenvalue weighted by Crippen LogP contribution is 2.29. The first-order valence-corrected chi connectivity index (χ1v) is 8.84. The zero-order valence-corrected chi connectivity index (χ0v) is 14.6. The SMILES string of the molecule is CCC(C)N(CC)S(=O)(=O)c1ccc(Br)cc1Br. The molecule has 0 heterocycles. The number of hydrogen-bond donors (Lipinski definition) is 0. The predicted octanol–water partition coefficient (Wildman–Crippen LogP) is 4.02. The molecule has 6 heteroatoms. The molecule has 0 amide bonds. The summed E-state index contributed by atoms with van der Waals surface area (Å²) in [7, 11) is -3.44. The second-order valence-electron chi connectivity index (χ2n) is 4.04. The van der Waals surface area contributed by atoms with E-state index in [1.165, 1.54) is 4.31 Å². The third-order valence-corrected chi connectivity index (χ3v) is 6.43. The number of nitrogens with zero attached hydrogens (tertiary/aromatic N) is 1. The highest BCUT2D eigenvalue weighted by Gasteiger charge is 2.28. The standard InChI is InChI=1S/C12H17Br2NO2S/c1-4-9(3)15(5-2)18(16,17)12-7-6-10(13)8-11(12)14/h6-9H,4-5H2,1-3H3. The Labute approximate surface area is 126 Å². The zero-order valence-electron chi connectivity index (χ0n) is 10.7. The van der Waals surface area contributed by atoms with Gasteiger partial charge in [0.1, 0.15) is 0 Å². The van der Waals surface area contributed by atoms with Gasteiger partial charge in [0.2, 0.25) is 10.0 Å². The molecule has 18 heavy (non-hydrogen) atoms. The van der Waals surface area contributed by atoms with Crippen molar-refractivity contribution in [2.24, 2.45) is 0 Å². The predicted molar refractivity (Wildman–Crippen MR) is 81.2 cm³/mol. The molecule has 0 saturated carbocycles. The quantitative estimate of drug-likeness (QED) is 0.750. The van der Waals surface area contributed by atoms with E-state index in [2.05, 4.69) is 31.9 Å². The fourth-order valence-electron chi connectivity index (χ4n) is 1.73. The van der Waals surface area contributed by atoms with Crippen LogP contribution in [0.1, 0.15) is 27.2 Å². The van der Waals surface area contributed by atoms with E-state index in [1.807, 2.05) is 20.8 Å². The fourth-order valence-corrected chi connectivity index (χ4v) is 5.15. The third kappa shape index (κ3) is 3.35. The molecule has 0 saturated heterocycles. The maximum absolute atomic E-state index is 12.6. The van der Waals surface area contributed by atoms with E-state index in [1.54, 1.807) is 18.2 Å². The first-order valence-electron chi connectivity index (χ1n) is 5.81. The van der Waals surface area contributed by atoms with E-state index in [0.717, 1.165) is 10.9 Å². The Hall–Kier alpha value is 0.0900. The molecule has 0 aliphatic heterocycles. The van der Waals surface area contributed by atoms with Crippen molar-refractivity contribution in [3.8, 4) is 0 Å². The van der Waals surface area contributed by atoms with Crippen LogP contribution in [-0.4, -0.2) is 25.3 Å². The van der Waals surface area contributed by atoms with Gasteiger partial charge < -0.3 is 0 Å². The van der Waals surface area contributed by atoms with Crippen LogP contribution in [0.25, 0.3) is 0 Å². The molecule has 0 aliphatic carbocycles.